The van der Waals surface area contributed by atoms with Crippen molar-refractivity contribution in [2.45, 2.75) is 31.9 Å². The van der Waals surface area contributed by atoms with Gasteiger partial charge in [-0.05, 0) is 38.0 Å². The summed E-state index contributed by atoms with van der Waals surface area (Å²) in [5.74, 6) is 1.27. The van der Waals surface area contributed by atoms with Crippen LogP contribution >= 0.6 is 0 Å². The minimum Gasteiger partial charge on any atom is -0.497 e. The highest BCUT2D eigenvalue weighted by Gasteiger charge is 2.46. The number of aromatic nitrogens is 1. The predicted molar refractivity (Wildman–Crippen MR) is 87.9 cm³/mol. The zero-order valence-corrected chi connectivity index (χ0v) is 13.8. The molecule has 3 atom stereocenters. The SMILES string of the molecule is COc1ccc2c(c1)c(C(=O)N[C@H]1C[C@@H]3OCC[C@H]13)c(C)n2C. The second-order valence-electron chi connectivity index (χ2n) is 6.58. The third kappa shape index (κ3) is 2.14. The fourth-order valence-corrected chi connectivity index (χ4v) is 3.97. The van der Waals surface area contributed by atoms with Crippen molar-refractivity contribution < 1.29 is 14.3 Å². The first kappa shape index (κ1) is 14.6. The smallest absolute Gasteiger partial charge is 0.253 e. The molecule has 1 saturated heterocycles. The number of rotatable bonds is 3. The Kier molecular flexibility index (Phi) is 3.34. The van der Waals surface area contributed by atoms with Crippen LogP contribution in [0.15, 0.2) is 18.2 Å². The first-order valence-electron chi connectivity index (χ1n) is 8.15. The van der Waals surface area contributed by atoms with Crippen molar-refractivity contribution in [3.05, 3.63) is 29.5 Å². The number of nitrogens with one attached hydrogen (secondary N) is 1. The Morgan fingerprint density at radius 1 is 1.43 bits per heavy atom. The molecule has 1 aliphatic carbocycles. The third-order valence-electron chi connectivity index (χ3n) is 5.51. The number of carbonyl (C=O) groups excluding carboxylic acids is 1. The summed E-state index contributed by atoms with van der Waals surface area (Å²) in [6.07, 6.45) is 2.34. The number of hydrogen-bond donors (Lipinski definition) is 1. The maximum absolute atomic E-state index is 12.9. The first-order valence-corrected chi connectivity index (χ1v) is 8.15. The van der Waals surface area contributed by atoms with Gasteiger partial charge in [0.25, 0.3) is 5.91 Å². The molecule has 2 heterocycles. The van der Waals surface area contributed by atoms with Crippen molar-refractivity contribution in [3.8, 4) is 5.75 Å². The van der Waals surface area contributed by atoms with E-state index in [1.54, 1.807) is 7.11 Å². The zero-order chi connectivity index (χ0) is 16.1. The molecule has 2 aliphatic rings. The number of amides is 1. The molecule has 1 aliphatic heterocycles. The molecule has 0 radical (unpaired) electrons. The van der Waals surface area contributed by atoms with Crippen LogP contribution in [0.2, 0.25) is 0 Å². The van der Waals surface area contributed by atoms with Gasteiger partial charge in [0, 0.05) is 42.2 Å². The average molecular weight is 314 g/mol. The van der Waals surface area contributed by atoms with Crippen molar-refractivity contribution >= 4 is 16.8 Å². The first-order chi connectivity index (χ1) is 11.1. The van der Waals surface area contributed by atoms with Crippen molar-refractivity contribution in [1.29, 1.82) is 0 Å². The van der Waals surface area contributed by atoms with Gasteiger partial charge in [0.05, 0.1) is 18.8 Å². The topological polar surface area (TPSA) is 52.5 Å². The van der Waals surface area contributed by atoms with E-state index in [1.165, 1.54) is 0 Å². The monoisotopic (exact) mass is 314 g/mol. The number of methoxy groups -OCH3 is 1. The van der Waals surface area contributed by atoms with Crippen LogP contribution in [0, 0.1) is 12.8 Å². The van der Waals surface area contributed by atoms with Crippen molar-refractivity contribution in [3.63, 3.8) is 0 Å². The van der Waals surface area contributed by atoms with Gasteiger partial charge < -0.3 is 19.4 Å². The quantitative estimate of drug-likeness (QED) is 0.946. The second kappa shape index (κ2) is 5.27. The Hall–Kier alpha value is -2.01. The predicted octanol–water partition coefficient (Wildman–Crippen LogP) is 2.40. The minimum absolute atomic E-state index is 0.0108. The molecule has 5 nitrogen and oxygen atoms in total. The Bertz CT molecular complexity index is 780. The lowest BCUT2D eigenvalue weighted by molar-refractivity contribution is 0.00811. The lowest BCUT2D eigenvalue weighted by Crippen LogP contribution is -2.53. The number of carbonyl (C=O) groups is 1. The Balaban J connectivity index is 1.67. The van der Waals surface area contributed by atoms with Gasteiger partial charge in [-0.2, -0.15) is 0 Å². The fourth-order valence-electron chi connectivity index (χ4n) is 3.97. The largest absolute Gasteiger partial charge is 0.497 e. The highest BCUT2D eigenvalue weighted by atomic mass is 16.5. The van der Waals surface area contributed by atoms with E-state index in [0.29, 0.717) is 12.0 Å². The van der Waals surface area contributed by atoms with E-state index < -0.39 is 0 Å². The van der Waals surface area contributed by atoms with E-state index in [-0.39, 0.29) is 11.9 Å². The van der Waals surface area contributed by atoms with Gasteiger partial charge in [-0.15, -0.1) is 0 Å². The van der Waals surface area contributed by atoms with E-state index in [4.69, 9.17) is 9.47 Å². The molecule has 0 unspecified atom stereocenters. The fraction of sp³-hybridized carbons (Fsp3) is 0.500. The molecule has 5 heteroatoms. The summed E-state index contributed by atoms with van der Waals surface area (Å²) >= 11 is 0. The molecular formula is C18H22N2O3. The highest BCUT2D eigenvalue weighted by Crippen LogP contribution is 2.39. The van der Waals surface area contributed by atoms with Gasteiger partial charge in [0.2, 0.25) is 0 Å². The molecule has 2 aromatic rings. The Morgan fingerprint density at radius 2 is 2.26 bits per heavy atom. The molecular weight excluding hydrogens is 292 g/mol. The number of fused-ring (bicyclic) bond motifs is 2. The van der Waals surface area contributed by atoms with Crippen LogP contribution in [-0.2, 0) is 11.8 Å². The Morgan fingerprint density at radius 3 is 3.00 bits per heavy atom. The molecule has 1 N–H and O–H groups in total. The molecule has 2 fully saturated rings. The zero-order valence-electron chi connectivity index (χ0n) is 13.8. The van der Waals surface area contributed by atoms with Crippen LogP contribution in [0.25, 0.3) is 10.9 Å². The van der Waals surface area contributed by atoms with Crippen LogP contribution in [0.5, 0.6) is 5.75 Å². The molecule has 122 valence electrons. The molecule has 4 rings (SSSR count). The standard InChI is InChI=1S/C18H22N2O3/c1-10-17(13-8-11(22-3)4-5-15(13)20(10)2)18(21)19-14-9-16-12(14)6-7-23-16/h4-5,8,12,14,16H,6-7,9H2,1-3H3,(H,19,21)/t12-,14+,16+/m1/s1. The number of nitrogens with zero attached hydrogens (tertiary/aromatic N) is 1. The molecule has 0 bridgehead atoms. The summed E-state index contributed by atoms with van der Waals surface area (Å²) in [6.45, 7) is 2.82. The third-order valence-corrected chi connectivity index (χ3v) is 5.51. The molecule has 1 amide bonds. The maximum Gasteiger partial charge on any atom is 0.253 e. The lowest BCUT2D eigenvalue weighted by Gasteiger charge is -2.39. The van der Waals surface area contributed by atoms with Crippen LogP contribution in [0.4, 0.5) is 0 Å². The van der Waals surface area contributed by atoms with Crippen LogP contribution in [0.3, 0.4) is 0 Å². The van der Waals surface area contributed by atoms with E-state index in [2.05, 4.69) is 9.88 Å². The second-order valence-corrected chi connectivity index (χ2v) is 6.58. The van der Waals surface area contributed by atoms with Crippen LogP contribution < -0.4 is 10.1 Å². The van der Waals surface area contributed by atoms with Crippen molar-refractivity contribution in [2.24, 2.45) is 13.0 Å². The number of ether oxygens (including phenoxy) is 2. The van der Waals surface area contributed by atoms with E-state index in [0.717, 1.165) is 47.4 Å². The van der Waals surface area contributed by atoms with Gasteiger partial charge in [-0.1, -0.05) is 0 Å². The lowest BCUT2D eigenvalue weighted by atomic mass is 9.76. The van der Waals surface area contributed by atoms with E-state index in [9.17, 15) is 4.79 Å². The van der Waals surface area contributed by atoms with Crippen molar-refractivity contribution in [2.75, 3.05) is 13.7 Å². The molecule has 1 aromatic carbocycles. The summed E-state index contributed by atoms with van der Waals surface area (Å²) in [7, 11) is 3.64. The summed E-state index contributed by atoms with van der Waals surface area (Å²) in [4.78, 5) is 12.9. The minimum atomic E-state index is 0.0108. The van der Waals surface area contributed by atoms with Gasteiger partial charge >= 0.3 is 0 Å². The average Bonchev–Trinajstić information content (AvgIpc) is 3.03. The highest BCUT2D eigenvalue weighted by molar-refractivity contribution is 6.08. The van der Waals surface area contributed by atoms with Crippen molar-refractivity contribution in [1.82, 2.24) is 9.88 Å². The van der Waals surface area contributed by atoms with Gasteiger partial charge in [0.1, 0.15) is 5.75 Å². The van der Waals surface area contributed by atoms with Gasteiger partial charge in [-0.3, -0.25) is 4.79 Å². The summed E-state index contributed by atoms with van der Waals surface area (Å²) in [5, 5.41) is 4.16. The summed E-state index contributed by atoms with van der Waals surface area (Å²) in [5.41, 5.74) is 2.78. The maximum atomic E-state index is 12.9. The number of benzene rings is 1. The van der Waals surface area contributed by atoms with Crippen LogP contribution in [0.1, 0.15) is 28.9 Å². The summed E-state index contributed by atoms with van der Waals surface area (Å²) in [6, 6.07) is 6.12. The number of hydrogen-bond acceptors (Lipinski definition) is 3. The molecule has 0 spiro atoms. The Labute approximate surface area is 135 Å². The molecule has 1 aromatic heterocycles. The van der Waals surface area contributed by atoms with Crippen LogP contribution in [-0.4, -0.2) is 36.3 Å². The van der Waals surface area contributed by atoms with Gasteiger partial charge in [-0.25, -0.2) is 0 Å². The normalized spacial score (nSPS) is 26.0. The number of aryl methyl sites for hydroxylation is 1. The van der Waals surface area contributed by atoms with E-state index in [1.807, 2.05) is 32.2 Å². The molecule has 23 heavy (non-hydrogen) atoms. The summed E-state index contributed by atoms with van der Waals surface area (Å²) < 4.78 is 13.0. The van der Waals surface area contributed by atoms with E-state index >= 15 is 0 Å². The molecule has 1 saturated carbocycles. The van der Waals surface area contributed by atoms with Gasteiger partial charge in [0.15, 0.2) is 0 Å².